The summed E-state index contributed by atoms with van der Waals surface area (Å²) in [5, 5.41) is 0. The Bertz CT molecular complexity index is 477. The third kappa shape index (κ3) is 1.29. The predicted octanol–water partition coefficient (Wildman–Crippen LogP) is 4.55. The Morgan fingerprint density at radius 2 is 1.69 bits per heavy atom. The van der Waals surface area contributed by atoms with Gasteiger partial charge >= 0.3 is 0 Å². The van der Waals surface area contributed by atoms with Crippen molar-refractivity contribution in [1.82, 2.24) is 0 Å². The van der Waals surface area contributed by atoms with E-state index < -0.39 is 0 Å². The van der Waals surface area contributed by atoms with E-state index in [-0.39, 0.29) is 0 Å². The van der Waals surface area contributed by atoms with E-state index in [0.29, 0.717) is 11.8 Å². The maximum Gasteiger partial charge on any atom is 0.00636 e. The molecule has 0 saturated heterocycles. The average Bonchev–Trinajstić information content (AvgIpc) is 2.36. The fourth-order valence-corrected chi connectivity index (χ4v) is 3.24. The molecule has 2 unspecified atom stereocenters. The van der Waals surface area contributed by atoms with Crippen LogP contribution in [0.5, 0.6) is 0 Å². The van der Waals surface area contributed by atoms with Crippen molar-refractivity contribution in [3.05, 3.63) is 58.7 Å². The van der Waals surface area contributed by atoms with Gasteiger partial charge in [-0.15, -0.1) is 0 Å². The lowest BCUT2D eigenvalue weighted by atomic mass is 9.71. The lowest BCUT2D eigenvalue weighted by Crippen LogP contribution is -2.16. The van der Waals surface area contributed by atoms with Crippen molar-refractivity contribution in [2.75, 3.05) is 0 Å². The Labute approximate surface area is 97.7 Å². The Hall–Kier alpha value is -1.30. The molecule has 0 fully saturated rings. The minimum Gasteiger partial charge on any atom is -0.0839 e. The van der Waals surface area contributed by atoms with Crippen molar-refractivity contribution in [3.63, 3.8) is 0 Å². The first-order valence-corrected chi connectivity index (χ1v) is 6.27. The van der Waals surface area contributed by atoms with E-state index in [1.165, 1.54) is 18.4 Å². The van der Waals surface area contributed by atoms with Gasteiger partial charge < -0.3 is 0 Å². The molecule has 0 bridgehead atoms. The summed E-state index contributed by atoms with van der Waals surface area (Å²) in [6.07, 6.45) is 7.16. The molecule has 0 N–H and O–H groups in total. The monoisotopic (exact) mass is 210 g/mol. The van der Waals surface area contributed by atoms with E-state index in [1.54, 1.807) is 16.7 Å². The van der Waals surface area contributed by atoms with E-state index >= 15 is 0 Å². The van der Waals surface area contributed by atoms with E-state index in [4.69, 9.17) is 0 Å². The average molecular weight is 210 g/mol. The summed E-state index contributed by atoms with van der Waals surface area (Å²) in [6.45, 7) is 4.70. The van der Waals surface area contributed by atoms with Gasteiger partial charge in [0.15, 0.2) is 0 Å². The summed E-state index contributed by atoms with van der Waals surface area (Å²) < 4.78 is 0. The second kappa shape index (κ2) is 3.62. The number of rotatable bonds is 0. The van der Waals surface area contributed by atoms with Crippen LogP contribution in [0, 0.1) is 0 Å². The van der Waals surface area contributed by atoms with Gasteiger partial charge in [-0.1, -0.05) is 55.8 Å². The first-order chi connectivity index (χ1) is 7.79. The molecule has 82 valence electrons. The van der Waals surface area contributed by atoms with Gasteiger partial charge in [-0.3, -0.25) is 0 Å². The maximum absolute atomic E-state index is 2.36. The molecule has 3 rings (SSSR count). The van der Waals surface area contributed by atoms with Gasteiger partial charge in [-0.25, -0.2) is 0 Å². The van der Waals surface area contributed by atoms with Gasteiger partial charge in [-0.2, -0.15) is 0 Å². The quantitative estimate of drug-likeness (QED) is 0.589. The predicted molar refractivity (Wildman–Crippen MR) is 68.7 cm³/mol. The first-order valence-electron chi connectivity index (χ1n) is 6.27. The topological polar surface area (TPSA) is 0 Å². The van der Waals surface area contributed by atoms with Gasteiger partial charge in [0.2, 0.25) is 0 Å². The van der Waals surface area contributed by atoms with Crippen molar-refractivity contribution in [1.29, 1.82) is 0 Å². The lowest BCUT2D eigenvalue weighted by Gasteiger charge is -2.33. The van der Waals surface area contributed by atoms with Crippen molar-refractivity contribution >= 4 is 0 Å². The van der Waals surface area contributed by atoms with Gasteiger partial charge in [0.25, 0.3) is 0 Å². The standard InChI is InChI=1S/C16H18/c1-11-13-7-3-5-9-15(13)12(2)16-10-6-4-8-14(11)16/h3-5,7-9,11-12H,6,10H2,1-2H3. The van der Waals surface area contributed by atoms with Crippen LogP contribution >= 0.6 is 0 Å². The Balaban J connectivity index is 2.18. The van der Waals surface area contributed by atoms with Crippen LogP contribution in [0.15, 0.2) is 47.6 Å². The molecule has 1 aromatic carbocycles. The normalized spacial score (nSPS) is 27.6. The molecule has 0 heteroatoms. The molecule has 0 nitrogen and oxygen atoms in total. The second-order valence-electron chi connectivity index (χ2n) is 4.99. The zero-order valence-electron chi connectivity index (χ0n) is 10.0. The summed E-state index contributed by atoms with van der Waals surface area (Å²) >= 11 is 0. The van der Waals surface area contributed by atoms with Crippen LogP contribution in [0.25, 0.3) is 0 Å². The van der Waals surface area contributed by atoms with Gasteiger partial charge in [0.05, 0.1) is 0 Å². The van der Waals surface area contributed by atoms with Crippen LogP contribution in [0.3, 0.4) is 0 Å². The van der Waals surface area contributed by atoms with E-state index in [0.717, 1.165) is 0 Å². The summed E-state index contributed by atoms with van der Waals surface area (Å²) in [7, 11) is 0. The molecular weight excluding hydrogens is 192 g/mol. The zero-order chi connectivity index (χ0) is 11.1. The Morgan fingerprint density at radius 1 is 1.00 bits per heavy atom. The third-order valence-electron chi connectivity index (χ3n) is 4.17. The minimum atomic E-state index is 0.582. The van der Waals surface area contributed by atoms with Crippen LogP contribution < -0.4 is 0 Å². The highest BCUT2D eigenvalue weighted by Gasteiger charge is 2.28. The fraction of sp³-hybridized carbons (Fsp3) is 0.375. The largest absolute Gasteiger partial charge is 0.0839 e. The zero-order valence-corrected chi connectivity index (χ0v) is 10.0. The van der Waals surface area contributed by atoms with Crippen molar-refractivity contribution in [2.45, 2.75) is 38.5 Å². The molecule has 0 amide bonds. The lowest BCUT2D eigenvalue weighted by molar-refractivity contribution is 0.703. The molecule has 0 aliphatic heterocycles. The molecular formula is C16H18. The highest BCUT2D eigenvalue weighted by Crippen LogP contribution is 2.45. The Kier molecular flexibility index (Phi) is 2.24. The highest BCUT2D eigenvalue weighted by molar-refractivity contribution is 5.52. The molecule has 2 aliphatic carbocycles. The number of fused-ring (bicyclic) bond motifs is 1. The van der Waals surface area contributed by atoms with E-state index in [2.05, 4.69) is 50.3 Å². The van der Waals surface area contributed by atoms with E-state index in [9.17, 15) is 0 Å². The molecule has 0 saturated carbocycles. The minimum absolute atomic E-state index is 0.582. The molecule has 16 heavy (non-hydrogen) atoms. The number of benzene rings is 1. The number of hydrogen-bond acceptors (Lipinski definition) is 0. The first kappa shape index (κ1) is 9.89. The van der Waals surface area contributed by atoms with Crippen molar-refractivity contribution < 1.29 is 0 Å². The van der Waals surface area contributed by atoms with Gasteiger partial charge in [-0.05, 0) is 29.5 Å². The number of hydrogen-bond donors (Lipinski definition) is 0. The van der Waals surface area contributed by atoms with Crippen LogP contribution in [0.2, 0.25) is 0 Å². The molecule has 0 aromatic heterocycles. The summed E-state index contributed by atoms with van der Waals surface area (Å²) in [4.78, 5) is 0. The summed E-state index contributed by atoms with van der Waals surface area (Å²) in [6, 6.07) is 8.94. The van der Waals surface area contributed by atoms with Crippen LogP contribution in [0.1, 0.15) is 49.7 Å². The van der Waals surface area contributed by atoms with Crippen molar-refractivity contribution in [3.8, 4) is 0 Å². The van der Waals surface area contributed by atoms with E-state index in [1.807, 2.05) is 0 Å². The highest BCUT2D eigenvalue weighted by atomic mass is 14.3. The SMILES string of the molecule is CC1C2=C(CCC=C2)C(C)c2ccccc21. The summed E-state index contributed by atoms with van der Waals surface area (Å²) in [5.74, 6) is 1.20. The molecule has 1 aromatic rings. The van der Waals surface area contributed by atoms with Crippen molar-refractivity contribution in [2.24, 2.45) is 0 Å². The van der Waals surface area contributed by atoms with Gasteiger partial charge in [0.1, 0.15) is 0 Å². The fourth-order valence-electron chi connectivity index (χ4n) is 3.24. The molecule has 0 radical (unpaired) electrons. The van der Waals surface area contributed by atoms with Crippen LogP contribution in [-0.2, 0) is 0 Å². The third-order valence-corrected chi connectivity index (χ3v) is 4.17. The van der Waals surface area contributed by atoms with Gasteiger partial charge in [0, 0.05) is 11.8 Å². The molecule has 2 atom stereocenters. The van der Waals surface area contributed by atoms with Crippen LogP contribution in [-0.4, -0.2) is 0 Å². The Morgan fingerprint density at radius 3 is 2.44 bits per heavy atom. The maximum atomic E-state index is 2.36. The second-order valence-corrected chi connectivity index (χ2v) is 4.99. The molecule has 2 aliphatic rings. The number of allylic oxidation sites excluding steroid dienone is 4. The van der Waals surface area contributed by atoms with Crippen LogP contribution in [0.4, 0.5) is 0 Å². The smallest absolute Gasteiger partial charge is 0.00636 e. The molecule has 0 heterocycles. The molecule has 0 spiro atoms. The summed E-state index contributed by atoms with van der Waals surface area (Å²) in [5.41, 5.74) is 6.33.